The fourth-order valence-corrected chi connectivity index (χ4v) is 1.47. The molecule has 0 unspecified atom stereocenters. The van der Waals surface area contributed by atoms with E-state index in [1.807, 2.05) is 0 Å². The first-order chi connectivity index (χ1) is 6.24. The molecule has 1 nitrogen and oxygen atoms in total. The van der Waals surface area contributed by atoms with Crippen molar-refractivity contribution in [3.63, 3.8) is 0 Å². The van der Waals surface area contributed by atoms with Crippen molar-refractivity contribution in [2.75, 3.05) is 19.6 Å². The van der Waals surface area contributed by atoms with Crippen LogP contribution < -0.4 is 0 Å². The molecule has 0 amide bonds. The van der Waals surface area contributed by atoms with Crippen LogP contribution in [0.5, 0.6) is 0 Å². The summed E-state index contributed by atoms with van der Waals surface area (Å²) in [5, 5.41) is 0. The predicted octanol–water partition coefficient (Wildman–Crippen LogP) is 3.46. The molecule has 0 fully saturated rings. The van der Waals surface area contributed by atoms with Crippen LogP contribution in [0.2, 0.25) is 0 Å². The maximum absolute atomic E-state index is 2.53. The third kappa shape index (κ3) is 6.83. The van der Waals surface area contributed by atoms with Crippen LogP contribution in [0.4, 0.5) is 0 Å². The average molecular weight is 183 g/mol. The van der Waals surface area contributed by atoms with Gasteiger partial charge in [0, 0.05) is 0 Å². The van der Waals surface area contributed by atoms with Gasteiger partial charge in [0.15, 0.2) is 0 Å². The zero-order valence-corrected chi connectivity index (χ0v) is 9.77. The zero-order valence-electron chi connectivity index (χ0n) is 9.77. The van der Waals surface area contributed by atoms with Crippen LogP contribution in [0, 0.1) is 0 Å². The summed E-state index contributed by atoms with van der Waals surface area (Å²) >= 11 is 0. The SMILES string of the molecule is C/C=C(\C)CCCN(CC)CCC. The van der Waals surface area contributed by atoms with Crippen molar-refractivity contribution >= 4 is 0 Å². The van der Waals surface area contributed by atoms with E-state index in [-0.39, 0.29) is 0 Å². The normalized spacial score (nSPS) is 12.5. The van der Waals surface area contributed by atoms with Gasteiger partial charge in [-0.1, -0.05) is 25.5 Å². The van der Waals surface area contributed by atoms with Crippen LogP contribution in [0.25, 0.3) is 0 Å². The number of hydrogen-bond acceptors (Lipinski definition) is 1. The maximum Gasteiger partial charge on any atom is -0.00158 e. The highest BCUT2D eigenvalue weighted by atomic mass is 15.1. The summed E-state index contributed by atoms with van der Waals surface area (Å²) in [6, 6.07) is 0. The van der Waals surface area contributed by atoms with E-state index in [9.17, 15) is 0 Å². The lowest BCUT2D eigenvalue weighted by Gasteiger charge is -2.19. The third-order valence-corrected chi connectivity index (χ3v) is 2.53. The standard InChI is InChI=1S/C12H25N/c1-5-10-13(7-3)11-8-9-12(4)6-2/h6H,5,7-11H2,1-4H3/b12-6+. The second-order valence-corrected chi connectivity index (χ2v) is 3.67. The second-order valence-electron chi connectivity index (χ2n) is 3.67. The van der Waals surface area contributed by atoms with Gasteiger partial charge in [-0.15, -0.1) is 0 Å². The van der Waals surface area contributed by atoms with Crippen molar-refractivity contribution in [1.82, 2.24) is 4.90 Å². The van der Waals surface area contributed by atoms with E-state index in [2.05, 4.69) is 38.7 Å². The largest absolute Gasteiger partial charge is 0.304 e. The molecule has 0 heterocycles. The van der Waals surface area contributed by atoms with E-state index in [0.717, 1.165) is 0 Å². The smallest absolute Gasteiger partial charge is 0.00158 e. The second kappa shape index (κ2) is 8.31. The van der Waals surface area contributed by atoms with Gasteiger partial charge in [-0.05, 0) is 52.7 Å². The fraction of sp³-hybridized carbons (Fsp3) is 0.833. The molecule has 0 N–H and O–H groups in total. The Labute approximate surface area is 83.8 Å². The van der Waals surface area contributed by atoms with Crippen molar-refractivity contribution in [3.05, 3.63) is 11.6 Å². The lowest BCUT2D eigenvalue weighted by molar-refractivity contribution is 0.285. The van der Waals surface area contributed by atoms with Crippen LogP contribution in [0.1, 0.15) is 47.0 Å². The first-order valence-electron chi connectivity index (χ1n) is 5.58. The molecule has 0 aromatic heterocycles. The van der Waals surface area contributed by atoms with Crippen LogP contribution in [0.15, 0.2) is 11.6 Å². The Morgan fingerprint density at radius 3 is 2.38 bits per heavy atom. The molecule has 0 spiro atoms. The summed E-state index contributed by atoms with van der Waals surface area (Å²) in [6.07, 6.45) is 6.06. The molecule has 0 saturated heterocycles. The molecule has 0 rings (SSSR count). The van der Waals surface area contributed by atoms with Gasteiger partial charge in [-0.3, -0.25) is 0 Å². The van der Waals surface area contributed by atoms with Gasteiger partial charge in [0.1, 0.15) is 0 Å². The number of allylic oxidation sites excluding steroid dienone is 2. The molecule has 0 aliphatic carbocycles. The van der Waals surface area contributed by atoms with Crippen LogP contribution >= 0.6 is 0 Å². The highest BCUT2D eigenvalue weighted by Gasteiger charge is 1.99. The van der Waals surface area contributed by atoms with Crippen molar-refractivity contribution in [2.24, 2.45) is 0 Å². The van der Waals surface area contributed by atoms with Crippen LogP contribution in [-0.2, 0) is 0 Å². The lowest BCUT2D eigenvalue weighted by Crippen LogP contribution is -2.25. The molecular formula is C12H25N. The molecule has 0 aromatic carbocycles. The Kier molecular flexibility index (Phi) is 8.11. The summed E-state index contributed by atoms with van der Waals surface area (Å²) in [7, 11) is 0. The van der Waals surface area contributed by atoms with E-state index < -0.39 is 0 Å². The quantitative estimate of drug-likeness (QED) is 0.546. The number of hydrogen-bond donors (Lipinski definition) is 0. The summed E-state index contributed by atoms with van der Waals surface area (Å²) in [5.41, 5.74) is 1.52. The van der Waals surface area contributed by atoms with Crippen molar-refractivity contribution in [1.29, 1.82) is 0 Å². The third-order valence-electron chi connectivity index (χ3n) is 2.53. The minimum absolute atomic E-state index is 1.20. The minimum Gasteiger partial charge on any atom is -0.304 e. The fourth-order valence-electron chi connectivity index (χ4n) is 1.47. The topological polar surface area (TPSA) is 3.24 Å². The molecule has 0 aromatic rings. The molecule has 0 aliphatic rings. The van der Waals surface area contributed by atoms with E-state index in [4.69, 9.17) is 0 Å². The summed E-state index contributed by atoms with van der Waals surface area (Å²) in [5.74, 6) is 0. The van der Waals surface area contributed by atoms with Gasteiger partial charge in [0.25, 0.3) is 0 Å². The van der Waals surface area contributed by atoms with Crippen LogP contribution in [0.3, 0.4) is 0 Å². The number of rotatable bonds is 7. The minimum atomic E-state index is 1.20. The Morgan fingerprint density at radius 2 is 1.92 bits per heavy atom. The first-order valence-corrected chi connectivity index (χ1v) is 5.58. The van der Waals surface area contributed by atoms with Gasteiger partial charge in [0.05, 0.1) is 0 Å². The van der Waals surface area contributed by atoms with E-state index in [0.29, 0.717) is 0 Å². The summed E-state index contributed by atoms with van der Waals surface area (Å²) < 4.78 is 0. The van der Waals surface area contributed by atoms with E-state index >= 15 is 0 Å². The maximum atomic E-state index is 2.53. The average Bonchev–Trinajstić information content (AvgIpc) is 2.16. The molecule has 13 heavy (non-hydrogen) atoms. The first kappa shape index (κ1) is 12.7. The Morgan fingerprint density at radius 1 is 1.23 bits per heavy atom. The molecule has 0 radical (unpaired) electrons. The molecule has 0 atom stereocenters. The van der Waals surface area contributed by atoms with Gasteiger partial charge >= 0.3 is 0 Å². The predicted molar refractivity (Wildman–Crippen MR) is 61.1 cm³/mol. The Hall–Kier alpha value is -0.300. The van der Waals surface area contributed by atoms with Gasteiger partial charge in [0.2, 0.25) is 0 Å². The van der Waals surface area contributed by atoms with Crippen LogP contribution in [-0.4, -0.2) is 24.5 Å². The molecule has 0 aliphatic heterocycles. The summed E-state index contributed by atoms with van der Waals surface area (Å²) in [6.45, 7) is 12.6. The number of nitrogens with zero attached hydrogens (tertiary/aromatic N) is 1. The molecule has 1 heteroatoms. The Balaban J connectivity index is 3.48. The zero-order chi connectivity index (χ0) is 10.1. The highest BCUT2D eigenvalue weighted by Crippen LogP contribution is 2.04. The molecule has 0 bridgehead atoms. The van der Waals surface area contributed by atoms with E-state index in [1.165, 1.54) is 44.5 Å². The van der Waals surface area contributed by atoms with Crippen molar-refractivity contribution < 1.29 is 0 Å². The van der Waals surface area contributed by atoms with Crippen molar-refractivity contribution in [2.45, 2.75) is 47.0 Å². The lowest BCUT2D eigenvalue weighted by atomic mass is 10.1. The van der Waals surface area contributed by atoms with Gasteiger partial charge < -0.3 is 4.90 Å². The Bertz CT molecular complexity index is 138. The van der Waals surface area contributed by atoms with Crippen molar-refractivity contribution in [3.8, 4) is 0 Å². The van der Waals surface area contributed by atoms with Gasteiger partial charge in [-0.2, -0.15) is 0 Å². The molecule has 78 valence electrons. The molecular weight excluding hydrogens is 158 g/mol. The van der Waals surface area contributed by atoms with Gasteiger partial charge in [-0.25, -0.2) is 0 Å². The summed E-state index contributed by atoms with van der Waals surface area (Å²) in [4.78, 5) is 2.53. The highest BCUT2D eigenvalue weighted by molar-refractivity contribution is 4.94. The molecule has 0 saturated carbocycles. The monoisotopic (exact) mass is 183 g/mol. The van der Waals surface area contributed by atoms with E-state index in [1.54, 1.807) is 0 Å².